The fourth-order valence-electron chi connectivity index (χ4n) is 3.72. The van der Waals surface area contributed by atoms with Crippen LogP contribution < -0.4 is 4.90 Å². The highest BCUT2D eigenvalue weighted by Crippen LogP contribution is 2.36. The highest BCUT2D eigenvalue weighted by Gasteiger charge is 2.45. The molecule has 33 heavy (non-hydrogen) atoms. The van der Waals surface area contributed by atoms with Gasteiger partial charge in [-0.1, -0.05) is 42.3 Å². The number of carbonyl (C=O) groups is 2. The number of benzene rings is 2. The molecule has 0 N–H and O–H groups in total. The van der Waals surface area contributed by atoms with Crippen LogP contribution >= 0.6 is 23.2 Å². The van der Waals surface area contributed by atoms with Crippen LogP contribution in [0, 0.1) is 5.82 Å². The van der Waals surface area contributed by atoms with Crippen molar-refractivity contribution in [3.8, 4) is 0 Å². The zero-order chi connectivity index (χ0) is 24.3. The van der Waals surface area contributed by atoms with Crippen molar-refractivity contribution in [1.82, 2.24) is 4.90 Å². The van der Waals surface area contributed by atoms with Gasteiger partial charge in [0.15, 0.2) is 0 Å². The molecule has 0 aliphatic carbocycles. The number of alkyl halides is 3. The van der Waals surface area contributed by atoms with Crippen molar-refractivity contribution in [1.29, 1.82) is 0 Å². The molecule has 0 radical (unpaired) electrons. The van der Waals surface area contributed by atoms with Crippen LogP contribution in [0.25, 0.3) is 5.57 Å². The molecule has 176 valence electrons. The summed E-state index contributed by atoms with van der Waals surface area (Å²) in [4.78, 5) is 28.7. The van der Waals surface area contributed by atoms with E-state index in [1.54, 1.807) is 12.1 Å². The maximum Gasteiger partial charge on any atom is 0.455 e. The number of carbonyl (C=O) groups excluding carboxylic acids is 2. The molecule has 1 aliphatic rings. The Morgan fingerprint density at radius 1 is 0.970 bits per heavy atom. The summed E-state index contributed by atoms with van der Waals surface area (Å²) in [5.41, 5.74) is -0.233. The SMILES string of the molecule is CC/C(=C(\C(=O)N1CCN(c2ccc(F)cc2)CC1)C(=O)C(F)(F)F)c1cccc(Cl)c1Cl. The summed E-state index contributed by atoms with van der Waals surface area (Å²) in [6.07, 6.45) is -5.29. The Balaban J connectivity index is 1.95. The molecule has 0 bridgehead atoms. The van der Waals surface area contributed by atoms with E-state index in [1.807, 2.05) is 4.90 Å². The quantitative estimate of drug-likeness (QED) is 0.225. The molecule has 3 rings (SSSR count). The molecule has 0 saturated carbocycles. The van der Waals surface area contributed by atoms with Crippen LogP contribution in [0.1, 0.15) is 18.9 Å². The van der Waals surface area contributed by atoms with E-state index in [0.29, 0.717) is 13.1 Å². The smallest absolute Gasteiger partial charge is 0.368 e. The van der Waals surface area contributed by atoms with Crippen LogP contribution in [-0.2, 0) is 9.59 Å². The first kappa shape index (κ1) is 25.1. The van der Waals surface area contributed by atoms with Crippen LogP contribution in [0.4, 0.5) is 23.2 Å². The van der Waals surface area contributed by atoms with E-state index in [9.17, 15) is 27.2 Å². The van der Waals surface area contributed by atoms with Gasteiger partial charge < -0.3 is 9.80 Å². The van der Waals surface area contributed by atoms with Crippen LogP contribution in [0.3, 0.4) is 0 Å². The van der Waals surface area contributed by atoms with E-state index in [2.05, 4.69) is 0 Å². The Hall–Kier alpha value is -2.58. The number of piperazine rings is 1. The van der Waals surface area contributed by atoms with Gasteiger partial charge in [-0.15, -0.1) is 0 Å². The van der Waals surface area contributed by atoms with E-state index < -0.39 is 23.4 Å². The Labute approximate surface area is 198 Å². The van der Waals surface area contributed by atoms with Gasteiger partial charge in [0, 0.05) is 31.9 Å². The van der Waals surface area contributed by atoms with Crippen molar-refractivity contribution < 1.29 is 27.2 Å². The fourth-order valence-corrected chi connectivity index (χ4v) is 4.14. The van der Waals surface area contributed by atoms with Crippen molar-refractivity contribution in [3.05, 3.63) is 69.5 Å². The van der Waals surface area contributed by atoms with E-state index in [-0.39, 0.29) is 46.5 Å². The van der Waals surface area contributed by atoms with Crippen molar-refractivity contribution in [2.24, 2.45) is 0 Å². The third-order valence-electron chi connectivity index (χ3n) is 5.39. The molecule has 0 unspecified atom stereocenters. The number of hydrogen-bond acceptors (Lipinski definition) is 3. The van der Waals surface area contributed by atoms with Gasteiger partial charge in [0.1, 0.15) is 5.82 Å². The van der Waals surface area contributed by atoms with E-state index >= 15 is 0 Å². The van der Waals surface area contributed by atoms with Crippen LogP contribution in [0.5, 0.6) is 0 Å². The topological polar surface area (TPSA) is 40.6 Å². The largest absolute Gasteiger partial charge is 0.455 e. The third kappa shape index (κ3) is 5.50. The molecule has 1 amide bonds. The average Bonchev–Trinajstić information content (AvgIpc) is 2.79. The number of halogens is 6. The minimum atomic E-state index is -5.24. The number of anilines is 1. The first-order chi connectivity index (χ1) is 15.5. The van der Waals surface area contributed by atoms with Crippen LogP contribution in [0.15, 0.2) is 48.0 Å². The summed E-state index contributed by atoms with van der Waals surface area (Å²) >= 11 is 12.2. The van der Waals surface area contributed by atoms with Crippen molar-refractivity contribution in [3.63, 3.8) is 0 Å². The average molecular weight is 503 g/mol. The maximum atomic E-state index is 13.5. The van der Waals surface area contributed by atoms with E-state index in [4.69, 9.17) is 23.2 Å². The van der Waals surface area contributed by atoms with Gasteiger partial charge in [-0.25, -0.2) is 4.39 Å². The second-order valence-corrected chi connectivity index (χ2v) is 8.18. The number of nitrogens with zero attached hydrogens (tertiary/aromatic N) is 2. The van der Waals surface area contributed by atoms with Gasteiger partial charge in [-0.3, -0.25) is 9.59 Å². The number of Topliss-reactive ketones (excluding diaryl/α,β-unsaturated/α-hetero) is 1. The van der Waals surface area contributed by atoms with Gasteiger partial charge in [-0.2, -0.15) is 13.2 Å². The van der Waals surface area contributed by atoms with Gasteiger partial charge in [0.05, 0.1) is 15.6 Å². The standard InChI is InChI=1S/C23H20Cl2F4N2O2/c1-2-16(17-4-3-5-18(24)20(17)25)19(21(32)23(27,28)29)22(33)31-12-10-30(11-13-31)15-8-6-14(26)7-9-15/h3-9H,2,10-13H2,1H3/b19-16+. The molecule has 10 heteroatoms. The number of amides is 1. The summed E-state index contributed by atoms with van der Waals surface area (Å²) in [6.45, 7) is 2.33. The summed E-state index contributed by atoms with van der Waals surface area (Å²) in [5, 5.41) is 0.0664. The van der Waals surface area contributed by atoms with Crippen molar-refractivity contribution >= 4 is 46.2 Å². The zero-order valence-electron chi connectivity index (χ0n) is 17.6. The molecule has 1 fully saturated rings. The molecule has 0 spiro atoms. The summed E-state index contributed by atoms with van der Waals surface area (Å²) in [5.74, 6) is -3.62. The Morgan fingerprint density at radius 2 is 1.58 bits per heavy atom. The van der Waals surface area contributed by atoms with Gasteiger partial charge in [0.2, 0.25) is 0 Å². The molecule has 2 aromatic rings. The molecule has 1 aliphatic heterocycles. The predicted octanol–water partition coefficient (Wildman–Crippen LogP) is 5.78. The molecule has 1 saturated heterocycles. The van der Waals surface area contributed by atoms with Crippen LogP contribution in [-0.4, -0.2) is 48.9 Å². The molecule has 2 aromatic carbocycles. The first-order valence-corrected chi connectivity index (χ1v) is 10.9. The molecular formula is C23H20Cl2F4N2O2. The van der Waals surface area contributed by atoms with Crippen molar-refractivity contribution in [2.75, 3.05) is 31.1 Å². The normalized spacial score (nSPS) is 15.4. The summed E-state index contributed by atoms with van der Waals surface area (Å²) in [6, 6.07) is 10.2. The zero-order valence-corrected chi connectivity index (χ0v) is 19.1. The Bertz CT molecular complexity index is 1080. The van der Waals surface area contributed by atoms with Gasteiger partial charge in [-0.05, 0) is 47.9 Å². The molecule has 1 heterocycles. The number of allylic oxidation sites excluding steroid dienone is 1. The van der Waals surface area contributed by atoms with Crippen molar-refractivity contribution in [2.45, 2.75) is 19.5 Å². The van der Waals surface area contributed by atoms with Gasteiger partial charge >= 0.3 is 6.18 Å². The number of hydrogen-bond donors (Lipinski definition) is 0. The minimum Gasteiger partial charge on any atom is -0.368 e. The van der Waals surface area contributed by atoms with Gasteiger partial charge in [0.25, 0.3) is 11.7 Å². The summed E-state index contributed by atoms with van der Waals surface area (Å²) in [7, 11) is 0. The molecular weight excluding hydrogens is 483 g/mol. The second kappa shape index (κ2) is 10.1. The van der Waals surface area contributed by atoms with E-state index in [1.165, 1.54) is 42.2 Å². The minimum absolute atomic E-state index is 0.0302. The monoisotopic (exact) mass is 502 g/mol. The maximum absolute atomic E-state index is 13.5. The highest BCUT2D eigenvalue weighted by atomic mass is 35.5. The lowest BCUT2D eigenvalue weighted by Gasteiger charge is -2.36. The lowest BCUT2D eigenvalue weighted by Crippen LogP contribution is -2.50. The first-order valence-electron chi connectivity index (χ1n) is 10.1. The van der Waals surface area contributed by atoms with E-state index in [0.717, 1.165) is 5.69 Å². The summed E-state index contributed by atoms with van der Waals surface area (Å²) < 4.78 is 53.6. The number of rotatable bonds is 5. The fraction of sp³-hybridized carbons (Fsp3) is 0.304. The highest BCUT2D eigenvalue weighted by molar-refractivity contribution is 6.43. The second-order valence-electron chi connectivity index (χ2n) is 7.39. The molecule has 0 aromatic heterocycles. The lowest BCUT2D eigenvalue weighted by molar-refractivity contribution is -0.167. The molecule has 0 atom stereocenters. The molecule has 4 nitrogen and oxygen atoms in total. The third-order valence-corrected chi connectivity index (χ3v) is 6.21. The predicted molar refractivity (Wildman–Crippen MR) is 120 cm³/mol. The van der Waals surface area contributed by atoms with Crippen LogP contribution in [0.2, 0.25) is 10.0 Å². The Morgan fingerprint density at radius 3 is 2.12 bits per heavy atom. The Kier molecular flexibility index (Phi) is 7.69. The number of ketones is 1. The lowest BCUT2D eigenvalue weighted by atomic mass is 9.93.